The van der Waals surface area contributed by atoms with Gasteiger partial charge in [0.1, 0.15) is 4.88 Å². The zero-order valence-corrected chi connectivity index (χ0v) is 13.1. The second-order valence-electron chi connectivity index (χ2n) is 4.82. The van der Waals surface area contributed by atoms with Crippen molar-refractivity contribution in [1.29, 1.82) is 0 Å². The van der Waals surface area contributed by atoms with Crippen LogP contribution in [0, 0.1) is 0 Å². The molecule has 0 aliphatic rings. The Morgan fingerprint density at radius 2 is 2.00 bits per heavy atom. The summed E-state index contributed by atoms with van der Waals surface area (Å²) in [7, 11) is 0. The second-order valence-corrected chi connectivity index (χ2v) is 6.26. The van der Waals surface area contributed by atoms with Crippen molar-refractivity contribution < 1.29 is 4.52 Å². The van der Waals surface area contributed by atoms with Crippen molar-refractivity contribution >= 4 is 28.1 Å². The van der Waals surface area contributed by atoms with Crippen LogP contribution >= 0.6 is 22.9 Å². The molecular formula is C14H13ClN4OS. The van der Waals surface area contributed by atoms with Crippen molar-refractivity contribution in [2.75, 3.05) is 5.73 Å². The van der Waals surface area contributed by atoms with Gasteiger partial charge in [-0.25, -0.2) is 4.98 Å². The number of nitrogen functional groups attached to an aromatic ring is 1. The number of nitrogens with zero attached hydrogens (tertiary/aromatic N) is 3. The van der Waals surface area contributed by atoms with Gasteiger partial charge in [-0.2, -0.15) is 4.98 Å². The fourth-order valence-corrected chi connectivity index (χ4v) is 3.09. The van der Waals surface area contributed by atoms with Crippen molar-refractivity contribution in [3.63, 3.8) is 0 Å². The predicted octanol–water partition coefficient (Wildman–Crippen LogP) is 4.22. The maximum absolute atomic E-state index is 6.15. The van der Waals surface area contributed by atoms with Gasteiger partial charge in [-0.1, -0.05) is 54.1 Å². The van der Waals surface area contributed by atoms with Crippen molar-refractivity contribution in [2.45, 2.75) is 19.8 Å². The van der Waals surface area contributed by atoms with E-state index >= 15 is 0 Å². The molecule has 0 bridgehead atoms. The molecule has 0 radical (unpaired) electrons. The molecule has 0 unspecified atom stereocenters. The average Bonchev–Trinajstić information content (AvgIpc) is 3.05. The molecule has 0 saturated heterocycles. The number of hydrogen-bond acceptors (Lipinski definition) is 6. The van der Waals surface area contributed by atoms with Gasteiger partial charge in [0.15, 0.2) is 5.13 Å². The lowest BCUT2D eigenvalue weighted by Crippen LogP contribution is -1.91. The first-order chi connectivity index (χ1) is 10.1. The van der Waals surface area contributed by atoms with E-state index in [-0.39, 0.29) is 5.92 Å². The van der Waals surface area contributed by atoms with Crippen LogP contribution in [0.15, 0.2) is 28.8 Å². The third-order valence-electron chi connectivity index (χ3n) is 2.95. The van der Waals surface area contributed by atoms with Crippen molar-refractivity contribution in [3.8, 4) is 22.2 Å². The normalized spacial score (nSPS) is 11.2. The van der Waals surface area contributed by atoms with E-state index in [0.29, 0.717) is 21.9 Å². The summed E-state index contributed by atoms with van der Waals surface area (Å²) in [5, 5.41) is 5.07. The lowest BCUT2D eigenvalue weighted by molar-refractivity contribution is 0.432. The fraction of sp³-hybridized carbons (Fsp3) is 0.214. The van der Waals surface area contributed by atoms with E-state index in [2.05, 4.69) is 15.1 Å². The Balaban J connectivity index is 2.05. The van der Waals surface area contributed by atoms with Gasteiger partial charge < -0.3 is 10.3 Å². The lowest BCUT2D eigenvalue weighted by atomic mass is 10.1. The van der Waals surface area contributed by atoms with Crippen LogP contribution in [-0.2, 0) is 0 Å². The van der Waals surface area contributed by atoms with Crippen molar-refractivity contribution in [2.24, 2.45) is 0 Å². The largest absolute Gasteiger partial charge is 0.375 e. The third kappa shape index (κ3) is 2.64. The molecule has 0 aliphatic carbocycles. The summed E-state index contributed by atoms with van der Waals surface area (Å²) in [6, 6.07) is 7.37. The molecule has 0 aliphatic heterocycles. The summed E-state index contributed by atoms with van der Waals surface area (Å²) >= 11 is 7.49. The van der Waals surface area contributed by atoms with E-state index in [0.717, 1.165) is 16.1 Å². The fourth-order valence-electron chi connectivity index (χ4n) is 1.96. The summed E-state index contributed by atoms with van der Waals surface area (Å²) in [5.74, 6) is 1.10. The standard InChI is InChI=1S/C14H13ClN4OS/c1-7(2)10-11(21-14(16)17-10)13-18-12(19-20-13)8-5-3-4-6-9(8)15/h3-7H,1-2H3,(H2,16,17). The lowest BCUT2D eigenvalue weighted by Gasteiger charge is -2.00. The number of thiazole rings is 1. The first kappa shape index (κ1) is 14.0. The van der Waals surface area contributed by atoms with Crippen molar-refractivity contribution in [1.82, 2.24) is 15.1 Å². The minimum absolute atomic E-state index is 0.226. The average molecular weight is 321 g/mol. The van der Waals surface area contributed by atoms with Crippen molar-refractivity contribution in [3.05, 3.63) is 35.0 Å². The van der Waals surface area contributed by atoms with Crippen LogP contribution in [0.4, 0.5) is 5.13 Å². The van der Waals surface area contributed by atoms with Gasteiger partial charge in [0.05, 0.1) is 10.7 Å². The van der Waals surface area contributed by atoms with E-state index in [1.165, 1.54) is 11.3 Å². The zero-order valence-electron chi connectivity index (χ0n) is 11.5. The van der Waals surface area contributed by atoms with Gasteiger partial charge in [-0.05, 0) is 18.1 Å². The molecule has 7 heteroatoms. The Morgan fingerprint density at radius 3 is 2.71 bits per heavy atom. The highest BCUT2D eigenvalue weighted by atomic mass is 35.5. The van der Waals surface area contributed by atoms with Gasteiger partial charge in [-0.3, -0.25) is 0 Å². The first-order valence-corrected chi connectivity index (χ1v) is 7.61. The third-order valence-corrected chi connectivity index (χ3v) is 4.17. The molecule has 0 atom stereocenters. The highest BCUT2D eigenvalue weighted by molar-refractivity contribution is 7.18. The topological polar surface area (TPSA) is 77.8 Å². The SMILES string of the molecule is CC(C)c1nc(N)sc1-c1nc(-c2ccccc2Cl)no1. The van der Waals surface area contributed by atoms with Crippen LogP contribution < -0.4 is 5.73 Å². The molecule has 2 heterocycles. The summed E-state index contributed by atoms with van der Waals surface area (Å²) in [6.07, 6.45) is 0. The van der Waals surface area contributed by atoms with E-state index in [4.69, 9.17) is 21.9 Å². The summed E-state index contributed by atoms with van der Waals surface area (Å²) in [6.45, 7) is 4.09. The number of halogens is 1. The Morgan fingerprint density at radius 1 is 1.24 bits per heavy atom. The zero-order chi connectivity index (χ0) is 15.0. The predicted molar refractivity (Wildman–Crippen MR) is 84.4 cm³/mol. The highest BCUT2D eigenvalue weighted by Gasteiger charge is 2.21. The molecule has 21 heavy (non-hydrogen) atoms. The molecule has 2 N–H and O–H groups in total. The van der Waals surface area contributed by atoms with Crippen LogP contribution in [0.25, 0.3) is 22.2 Å². The van der Waals surface area contributed by atoms with Gasteiger partial charge in [0.2, 0.25) is 5.82 Å². The number of hydrogen-bond donors (Lipinski definition) is 1. The van der Waals surface area contributed by atoms with Gasteiger partial charge >= 0.3 is 0 Å². The molecule has 3 rings (SSSR count). The quantitative estimate of drug-likeness (QED) is 0.781. The molecule has 108 valence electrons. The highest BCUT2D eigenvalue weighted by Crippen LogP contribution is 2.36. The summed E-state index contributed by atoms with van der Waals surface area (Å²) in [5.41, 5.74) is 7.39. The van der Waals surface area contributed by atoms with E-state index in [1.807, 2.05) is 32.0 Å². The van der Waals surface area contributed by atoms with E-state index in [1.54, 1.807) is 6.07 Å². The Labute approximate surface area is 130 Å². The van der Waals surface area contributed by atoms with Crippen LogP contribution in [-0.4, -0.2) is 15.1 Å². The molecule has 0 spiro atoms. The number of benzene rings is 1. The van der Waals surface area contributed by atoms with Gasteiger partial charge in [-0.15, -0.1) is 0 Å². The number of nitrogens with two attached hydrogens (primary N) is 1. The summed E-state index contributed by atoms with van der Waals surface area (Å²) in [4.78, 5) is 9.56. The van der Waals surface area contributed by atoms with Crippen LogP contribution in [0.5, 0.6) is 0 Å². The van der Waals surface area contributed by atoms with Crippen LogP contribution in [0.1, 0.15) is 25.5 Å². The first-order valence-electron chi connectivity index (χ1n) is 6.41. The number of anilines is 1. The van der Waals surface area contributed by atoms with E-state index in [9.17, 15) is 0 Å². The Kier molecular flexibility index (Phi) is 3.65. The molecule has 3 aromatic rings. The maximum Gasteiger partial charge on any atom is 0.270 e. The molecule has 1 aromatic carbocycles. The summed E-state index contributed by atoms with van der Waals surface area (Å²) < 4.78 is 5.36. The molecular weight excluding hydrogens is 308 g/mol. The smallest absolute Gasteiger partial charge is 0.270 e. The minimum Gasteiger partial charge on any atom is -0.375 e. The Hall–Kier alpha value is -1.92. The number of rotatable bonds is 3. The van der Waals surface area contributed by atoms with Gasteiger partial charge in [0, 0.05) is 5.56 Å². The molecule has 2 aromatic heterocycles. The molecule has 5 nitrogen and oxygen atoms in total. The number of aromatic nitrogens is 3. The second kappa shape index (κ2) is 5.46. The maximum atomic E-state index is 6.15. The monoisotopic (exact) mass is 320 g/mol. The minimum atomic E-state index is 0.226. The molecule has 0 amide bonds. The van der Waals surface area contributed by atoms with Crippen LogP contribution in [0.2, 0.25) is 5.02 Å². The van der Waals surface area contributed by atoms with E-state index < -0.39 is 0 Å². The molecule has 0 fully saturated rings. The van der Waals surface area contributed by atoms with Gasteiger partial charge in [0.25, 0.3) is 5.89 Å². The molecule has 0 saturated carbocycles. The van der Waals surface area contributed by atoms with Crippen LogP contribution in [0.3, 0.4) is 0 Å². The Bertz CT molecular complexity index is 781.